The Morgan fingerprint density at radius 1 is 1.15 bits per heavy atom. The predicted octanol–water partition coefficient (Wildman–Crippen LogP) is 2.78. The highest BCUT2D eigenvalue weighted by atomic mass is 19.1. The maximum atomic E-state index is 13.2. The molecule has 7 heteroatoms. The molecule has 26 heavy (non-hydrogen) atoms. The highest BCUT2D eigenvalue weighted by Gasteiger charge is 2.21. The summed E-state index contributed by atoms with van der Waals surface area (Å²) in [5.41, 5.74) is 1.87. The number of aromatic nitrogens is 2. The minimum atomic E-state index is -0.329. The lowest BCUT2D eigenvalue weighted by atomic mass is 10.0. The Labute approximate surface area is 152 Å². The van der Waals surface area contributed by atoms with Crippen LogP contribution in [0.15, 0.2) is 30.5 Å². The first-order chi connectivity index (χ1) is 12.3. The molecule has 2 N–H and O–H groups in total. The van der Waals surface area contributed by atoms with Crippen LogP contribution in [0.1, 0.15) is 56.1 Å². The molecule has 0 aliphatic rings. The van der Waals surface area contributed by atoms with Gasteiger partial charge in [0.05, 0.1) is 23.1 Å². The van der Waals surface area contributed by atoms with E-state index < -0.39 is 0 Å². The molecule has 0 saturated heterocycles. The second-order valence-corrected chi connectivity index (χ2v) is 6.71. The molecule has 1 heterocycles. The number of carbonyl (C=O) groups is 2. The van der Waals surface area contributed by atoms with Gasteiger partial charge in [-0.25, -0.2) is 9.07 Å². The van der Waals surface area contributed by atoms with Crippen LogP contribution in [0.3, 0.4) is 0 Å². The van der Waals surface area contributed by atoms with Gasteiger partial charge in [0.25, 0.3) is 5.91 Å². The van der Waals surface area contributed by atoms with Crippen LogP contribution in [-0.2, 0) is 4.79 Å². The largest absolute Gasteiger partial charge is 0.354 e. The number of nitrogens with zero attached hydrogens (tertiary/aromatic N) is 2. The molecule has 0 spiro atoms. The Balaban J connectivity index is 2.12. The third kappa shape index (κ3) is 4.91. The zero-order chi connectivity index (χ0) is 19.3. The van der Waals surface area contributed by atoms with Gasteiger partial charge >= 0.3 is 0 Å². The molecule has 140 valence electrons. The number of hydrogen-bond donors (Lipinski definition) is 2. The van der Waals surface area contributed by atoms with Gasteiger partial charge in [-0.2, -0.15) is 5.10 Å². The standard InChI is InChI=1S/C19H25FN4O2/c1-12(2)18-16(19(26)21-10-9-17(25)23-13(3)4)11-22-24(18)15-7-5-14(20)6-8-15/h5-8,11-13H,9-10H2,1-4H3,(H,21,26)(H,23,25). The summed E-state index contributed by atoms with van der Waals surface area (Å²) < 4.78 is 14.8. The van der Waals surface area contributed by atoms with Gasteiger partial charge in [0.1, 0.15) is 5.82 Å². The van der Waals surface area contributed by atoms with E-state index in [2.05, 4.69) is 15.7 Å². The summed E-state index contributed by atoms with van der Waals surface area (Å²) >= 11 is 0. The smallest absolute Gasteiger partial charge is 0.254 e. The van der Waals surface area contributed by atoms with Crippen molar-refractivity contribution in [2.24, 2.45) is 0 Å². The second kappa shape index (κ2) is 8.60. The molecule has 2 rings (SSSR count). The average Bonchev–Trinajstić information content (AvgIpc) is 3.00. The zero-order valence-corrected chi connectivity index (χ0v) is 15.5. The Morgan fingerprint density at radius 3 is 2.38 bits per heavy atom. The SMILES string of the molecule is CC(C)NC(=O)CCNC(=O)c1cnn(-c2ccc(F)cc2)c1C(C)C. The van der Waals surface area contributed by atoms with Crippen molar-refractivity contribution in [3.8, 4) is 5.69 Å². The molecule has 0 bridgehead atoms. The third-order valence-electron chi connectivity index (χ3n) is 3.76. The van der Waals surface area contributed by atoms with Crippen LogP contribution in [0.25, 0.3) is 5.69 Å². The van der Waals surface area contributed by atoms with Crippen LogP contribution in [0, 0.1) is 5.82 Å². The van der Waals surface area contributed by atoms with Crippen molar-refractivity contribution in [3.63, 3.8) is 0 Å². The lowest BCUT2D eigenvalue weighted by molar-refractivity contribution is -0.121. The highest BCUT2D eigenvalue weighted by Crippen LogP contribution is 2.23. The van der Waals surface area contributed by atoms with E-state index in [0.29, 0.717) is 11.3 Å². The van der Waals surface area contributed by atoms with Gasteiger partial charge < -0.3 is 10.6 Å². The number of rotatable bonds is 7. The molecule has 0 aliphatic heterocycles. The van der Waals surface area contributed by atoms with Crippen molar-refractivity contribution in [3.05, 3.63) is 47.5 Å². The van der Waals surface area contributed by atoms with Crippen LogP contribution in [0.4, 0.5) is 4.39 Å². The molecule has 0 aliphatic carbocycles. The van der Waals surface area contributed by atoms with Crippen molar-refractivity contribution in [1.29, 1.82) is 0 Å². The molecule has 6 nitrogen and oxygen atoms in total. The minimum Gasteiger partial charge on any atom is -0.354 e. The van der Waals surface area contributed by atoms with Gasteiger partial charge in [-0.05, 0) is 44.0 Å². The van der Waals surface area contributed by atoms with Crippen LogP contribution >= 0.6 is 0 Å². The molecular weight excluding hydrogens is 335 g/mol. The third-order valence-corrected chi connectivity index (χ3v) is 3.76. The fraction of sp³-hybridized carbons (Fsp3) is 0.421. The summed E-state index contributed by atoms with van der Waals surface area (Å²) in [7, 11) is 0. The summed E-state index contributed by atoms with van der Waals surface area (Å²) in [5, 5.41) is 9.83. The molecule has 0 atom stereocenters. The Hall–Kier alpha value is -2.70. The fourth-order valence-electron chi connectivity index (χ4n) is 2.66. The van der Waals surface area contributed by atoms with E-state index in [0.717, 1.165) is 5.69 Å². The van der Waals surface area contributed by atoms with Gasteiger partial charge in [-0.1, -0.05) is 13.8 Å². The Kier molecular flexibility index (Phi) is 6.49. The minimum absolute atomic E-state index is 0.0348. The van der Waals surface area contributed by atoms with E-state index in [1.165, 1.54) is 18.3 Å². The van der Waals surface area contributed by atoms with Gasteiger partial charge in [0.2, 0.25) is 5.91 Å². The van der Waals surface area contributed by atoms with Crippen LogP contribution < -0.4 is 10.6 Å². The van der Waals surface area contributed by atoms with Crippen molar-refractivity contribution < 1.29 is 14.0 Å². The molecule has 0 fully saturated rings. The van der Waals surface area contributed by atoms with Crippen molar-refractivity contribution >= 4 is 11.8 Å². The fourth-order valence-corrected chi connectivity index (χ4v) is 2.66. The second-order valence-electron chi connectivity index (χ2n) is 6.71. The quantitative estimate of drug-likeness (QED) is 0.797. The number of benzene rings is 1. The van der Waals surface area contributed by atoms with E-state index in [1.807, 2.05) is 27.7 Å². The molecular formula is C19H25FN4O2. The molecule has 2 aromatic rings. The summed E-state index contributed by atoms with van der Waals surface area (Å²) in [5.74, 6) is -0.678. The Bertz CT molecular complexity index is 766. The molecule has 1 aromatic carbocycles. The first kappa shape index (κ1) is 19.6. The molecule has 1 aromatic heterocycles. The zero-order valence-electron chi connectivity index (χ0n) is 15.5. The van der Waals surface area contributed by atoms with Crippen molar-refractivity contribution in [1.82, 2.24) is 20.4 Å². The monoisotopic (exact) mass is 360 g/mol. The van der Waals surface area contributed by atoms with E-state index >= 15 is 0 Å². The van der Waals surface area contributed by atoms with E-state index in [4.69, 9.17) is 0 Å². The summed E-state index contributed by atoms with van der Waals surface area (Å²) in [6.45, 7) is 7.94. The molecule has 0 saturated carbocycles. The van der Waals surface area contributed by atoms with Gasteiger partial charge in [-0.15, -0.1) is 0 Å². The maximum Gasteiger partial charge on any atom is 0.254 e. The summed E-state index contributed by atoms with van der Waals surface area (Å²) in [6, 6.07) is 6.01. The van der Waals surface area contributed by atoms with Crippen LogP contribution in [0.5, 0.6) is 0 Å². The van der Waals surface area contributed by atoms with Gasteiger partial charge in [-0.3, -0.25) is 9.59 Å². The topological polar surface area (TPSA) is 76.0 Å². The van der Waals surface area contributed by atoms with Crippen LogP contribution in [0.2, 0.25) is 0 Å². The maximum absolute atomic E-state index is 13.2. The normalized spacial score (nSPS) is 11.0. The molecule has 2 amide bonds. The summed E-state index contributed by atoms with van der Waals surface area (Å²) in [6.07, 6.45) is 1.72. The van der Waals surface area contributed by atoms with E-state index in [9.17, 15) is 14.0 Å². The van der Waals surface area contributed by atoms with Crippen molar-refractivity contribution in [2.75, 3.05) is 6.54 Å². The van der Waals surface area contributed by atoms with E-state index in [-0.39, 0.29) is 42.6 Å². The highest BCUT2D eigenvalue weighted by molar-refractivity contribution is 5.95. The first-order valence-electron chi connectivity index (χ1n) is 8.71. The average molecular weight is 360 g/mol. The first-order valence-corrected chi connectivity index (χ1v) is 8.71. The molecule has 0 radical (unpaired) electrons. The Morgan fingerprint density at radius 2 is 1.81 bits per heavy atom. The number of amides is 2. The number of carbonyl (C=O) groups excluding carboxylic acids is 2. The lowest BCUT2D eigenvalue weighted by Gasteiger charge is -2.13. The van der Waals surface area contributed by atoms with Crippen molar-refractivity contribution in [2.45, 2.75) is 46.1 Å². The number of halogens is 1. The number of hydrogen-bond acceptors (Lipinski definition) is 3. The van der Waals surface area contributed by atoms with Gasteiger partial charge in [0, 0.05) is 19.0 Å². The van der Waals surface area contributed by atoms with Crippen LogP contribution in [-0.4, -0.2) is 34.2 Å². The number of nitrogens with one attached hydrogen (secondary N) is 2. The predicted molar refractivity (Wildman–Crippen MR) is 97.8 cm³/mol. The lowest BCUT2D eigenvalue weighted by Crippen LogP contribution is -2.34. The molecule has 0 unspecified atom stereocenters. The van der Waals surface area contributed by atoms with E-state index in [1.54, 1.807) is 16.8 Å². The van der Waals surface area contributed by atoms with Gasteiger partial charge in [0.15, 0.2) is 0 Å². The summed E-state index contributed by atoms with van der Waals surface area (Å²) in [4.78, 5) is 24.2.